The van der Waals surface area contributed by atoms with Crippen molar-refractivity contribution in [2.75, 3.05) is 11.9 Å². The van der Waals surface area contributed by atoms with Crippen molar-refractivity contribution in [2.45, 2.75) is 103 Å². The molecule has 0 radical (unpaired) electrons. The van der Waals surface area contributed by atoms with Gasteiger partial charge in [0.2, 0.25) is 11.5 Å². The minimum absolute atomic E-state index is 0.218. The predicted molar refractivity (Wildman–Crippen MR) is 176 cm³/mol. The molecule has 16 heteroatoms. The number of benzene rings is 1. The fourth-order valence-electron chi connectivity index (χ4n) is 4.64. The second kappa shape index (κ2) is 17.2. The molecule has 2 heterocycles. The molecule has 1 amide bonds. The number of amides is 1. The van der Waals surface area contributed by atoms with E-state index in [9.17, 15) is 31.1 Å². The van der Waals surface area contributed by atoms with Gasteiger partial charge < -0.3 is 23.4 Å². The van der Waals surface area contributed by atoms with Gasteiger partial charge in [-0.2, -0.15) is 26.3 Å². The molecule has 0 fully saturated rings. The molecule has 1 N–H and O–H groups in total. The molecule has 3 rings (SSSR count). The van der Waals surface area contributed by atoms with E-state index in [1.54, 1.807) is 30.3 Å². The normalized spacial score (nSPS) is 14.6. The van der Waals surface area contributed by atoms with Gasteiger partial charge in [0.25, 0.3) is 11.8 Å². The smallest absolute Gasteiger partial charge is 0.426 e. The van der Waals surface area contributed by atoms with Crippen LogP contribution in [0, 0.1) is 0 Å². The van der Waals surface area contributed by atoms with Gasteiger partial charge in [-0.25, -0.2) is 9.78 Å². The molecule has 0 saturated carbocycles. The minimum atomic E-state index is -5.15. The lowest BCUT2D eigenvalue weighted by Crippen LogP contribution is -2.45. The maximum absolute atomic E-state index is 14.9. The SMILES string of the molecule is C=CCC(OCCCC)[C@@H](C)Oc1nc(-c2nnc([C@@](CC=C)(OCc3ccccc3)C(F)(F)F)o2)c(NC(=O)OC(C)(C)C)cc1C(F)(F)F. The molecule has 3 atom stereocenters. The summed E-state index contributed by atoms with van der Waals surface area (Å²) in [5, 5.41) is 9.49. The fourth-order valence-corrected chi connectivity index (χ4v) is 4.64. The molecule has 0 aliphatic carbocycles. The zero-order chi connectivity index (χ0) is 38.0. The Balaban J connectivity index is 2.21. The number of unbranched alkanes of at least 4 members (excludes halogenated alkanes) is 1. The number of pyridine rings is 1. The zero-order valence-electron chi connectivity index (χ0n) is 29.0. The summed E-state index contributed by atoms with van der Waals surface area (Å²) < 4.78 is 116. The number of anilines is 1. The first-order chi connectivity index (χ1) is 23.8. The lowest BCUT2D eigenvalue weighted by molar-refractivity contribution is -0.295. The van der Waals surface area contributed by atoms with Crippen molar-refractivity contribution in [1.82, 2.24) is 15.2 Å². The van der Waals surface area contributed by atoms with Gasteiger partial charge in [0, 0.05) is 13.0 Å². The quantitative estimate of drug-likeness (QED) is 0.0824. The van der Waals surface area contributed by atoms with Gasteiger partial charge >= 0.3 is 18.4 Å². The number of nitrogens with one attached hydrogen (secondary N) is 1. The molecule has 1 unspecified atom stereocenters. The van der Waals surface area contributed by atoms with Gasteiger partial charge in [0.15, 0.2) is 5.69 Å². The van der Waals surface area contributed by atoms with E-state index in [-0.39, 0.29) is 6.42 Å². The van der Waals surface area contributed by atoms with Crippen LogP contribution in [0.3, 0.4) is 0 Å². The molecule has 1 aromatic carbocycles. The highest BCUT2D eigenvalue weighted by Crippen LogP contribution is 2.47. The summed E-state index contributed by atoms with van der Waals surface area (Å²) in [7, 11) is 0. The standard InChI is InChI=1S/C35H42F6N4O6/c1-8-11-19-47-26(15-9-2)22(4)49-28-24(34(36,37)38)20-25(42-31(46)51-32(5,6)7)27(43-28)29-44-45-30(50-29)33(18-10-3,35(39,40)41)48-21-23-16-13-12-14-17-23/h9-10,12-14,16-17,20,22,26H,2-3,8,11,15,18-19,21H2,1,4-7H3,(H,42,46)/t22-,26?,33-/m1/s1. The van der Waals surface area contributed by atoms with Crippen molar-refractivity contribution in [1.29, 1.82) is 0 Å². The summed E-state index contributed by atoms with van der Waals surface area (Å²) in [6, 6.07) is 8.48. The Bertz CT molecular complexity index is 1610. The van der Waals surface area contributed by atoms with Gasteiger partial charge in [-0.3, -0.25) is 5.32 Å². The Labute approximate surface area is 292 Å². The first-order valence-electron chi connectivity index (χ1n) is 16.1. The molecule has 2 aromatic heterocycles. The summed E-state index contributed by atoms with van der Waals surface area (Å²) in [4.78, 5) is 16.8. The number of hydrogen-bond donors (Lipinski definition) is 1. The van der Waals surface area contributed by atoms with Crippen LogP contribution >= 0.6 is 0 Å². The highest BCUT2D eigenvalue weighted by atomic mass is 19.4. The second-order valence-electron chi connectivity index (χ2n) is 12.5. The molecule has 10 nitrogen and oxygen atoms in total. The minimum Gasteiger partial charge on any atom is -0.471 e. The number of halogens is 6. The van der Waals surface area contributed by atoms with Gasteiger partial charge in [0.1, 0.15) is 17.3 Å². The van der Waals surface area contributed by atoms with Crippen molar-refractivity contribution in [2.24, 2.45) is 0 Å². The van der Waals surface area contributed by atoms with E-state index in [1.807, 2.05) is 6.92 Å². The van der Waals surface area contributed by atoms with E-state index in [1.165, 1.54) is 33.8 Å². The highest BCUT2D eigenvalue weighted by Gasteiger charge is 2.61. The van der Waals surface area contributed by atoms with Gasteiger partial charge in [-0.15, -0.1) is 23.4 Å². The van der Waals surface area contributed by atoms with Crippen LogP contribution in [0.25, 0.3) is 11.6 Å². The number of ether oxygens (including phenoxy) is 4. The van der Waals surface area contributed by atoms with Crippen LogP contribution in [0.15, 0.2) is 66.1 Å². The zero-order valence-corrected chi connectivity index (χ0v) is 29.0. The summed E-state index contributed by atoms with van der Waals surface area (Å²) >= 11 is 0. The average Bonchev–Trinajstić information content (AvgIpc) is 3.52. The fraction of sp³-hybridized carbons (Fsp3) is 0.486. The van der Waals surface area contributed by atoms with Gasteiger partial charge in [0.05, 0.1) is 18.4 Å². The molecule has 0 spiro atoms. The molecule has 0 bridgehead atoms. The van der Waals surface area contributed by atoms with E-state index >= 15 is 0 Å². The topological polar surface area (TPSA) is 118 Å². The third-order valence-corrected chi connectivity index (χ3v) is 7.17. The molecule has 0 aliphatic heterocycles. The van der Waals surface area contributed by atoms with E-state index in [0.29, 0.717) is 24.7 Å². The largest absolute Gasteiger partial charge is 0.471 e. The maximum atomic E-state index is 14.9. The van der Waals surface area contributed by atoms with E-state index in [2.05, 4.69) is 33.7 Å². The van der Waals surface area contributed by atoms with Crippen LogP contribution in [0.4, 0.5) is 36.8 Å². The van der Waals surface area contributed by atoms with E-state index in [0.717, 1.165) is 12.5 Å². The van der Waals surface area contributed by atoms with Crippen LogP contribution < -0.4 is 10.1 Å². The molecular formula is C35H42F6N4O6. The van der Waals surface area contributed by atoms with Crippen molar-refractivity contribution >= 4 is 11.8 Å². The summed E-state index contributed by atoms with van der Waals surface area (Å²) in [6.07, 6.45) is -9.89. The lowest BCUT2D eigenvalue weighted by atomic mass is 9.98. The van der Waals surface area contributed by atoms with Crippen LogP contribution in [0.2, 0.25) is 0 Å². The molecule has 3 aromatic rings. The number of hydrogen-bond acceptors (Lipinski definition) is 9. The number of aromatic nitrogens is 3. The Morgan fingerprint density at radius 2 is 1.73 bits per heavy atom. The van der Waals surface area contributed by atoms with Crippen molar-refractivity contribution in [3.63, 3.8) is 0 Å². The van der Waals surface area contributed by atoms with E-state index in [4.69, 9.17) is 23.4 Å². The Kier molecular flexibility index (Phi) is 13.8. The Morgan fingerprint density at radius 3 is 2.29 bits per heavy atom. The summed E-state index contributed by atoms with van der Waals surface area (Å²) in [5.41, 5.74) is -6.63. The molecule has 280 valence electrons. The summed E-state index contributed by atoms with van der Waals surface area (Å²) in [5.74, 6) is -2.86. The van der Waals surface area contributed by atoms with Gasteiger partial charge in [-0.1, -0.05) is 55.8 Å². The molecule has 0 aliphatic rings. The second-order valence-corrected chi connectivity index (χ2v) is 12.5. The molecule has 51 heavy (non-hydrogen) atoms. The third-order valence-electron chi connectivity index (χ3n) is 7.17. The van der Waals surface area contributed by atoms with Crippen molar-refractivity contribution in [3.05, 3.63) is 78.7 Å². The first-order valence-corrected chi connectivity index (χ1v) is 16.1. The van der Waals surface area contributed by atoms with E-state index < -0.39 is 89.5 Å². The first kappa shape index (κ1) is 41.0. The Morgan fingerprint density at radius 1 is 1.04 bits per heavy atom. The third kappa shape index (κ3) is 11.0. The average molecular weight is 729 g/mol. The van der Waals surface area contributed by atoms with Crippen molar-refractivity contribution in [3.8, 4) is 17.5 Å². The number of carbonyl (C=O) groups excluding carboxylic acids is 1. The monoisotopic (exact) mass is 728 g/mol. The lowest BCUT2D eigenvalue weighted by Gasteiger charge is -2.31. The van der Waals surface area contributed by atoms with Crippen LogP contribution in [0.5, 0.6) is 5.88 Å². The van der Waals surface area contributed by atoms with Crippen LogP contribution in [-0.2, 0) is 32.6 Å². The van der Waals surface area contributed by atoms with Crippen LogP contribution in [0.1, 0.15) is 77.3 Å². The predicted octanol–water partition coefficient (Wildman–Crippen LogP) is 9.58. The number of carbonyl (C=O) groups is 1. The van der Waals surface area contributed by atoms with Crippen LogP contribution in [-0.4, -0.2) is 51.9 Å². The van der Waals surface area contributed by atoms with Gasteiger partial charge in [-0.05, 0) is 52.2 Å². The van der Waals surface area contributed by atoms with Crippen molar-refractivity contribution < 1.29 is 54.5 Å². The molecule has 0 saturated heterocycles. The number of alkyl halides is 6. The number of rotatable bonds is 17. The number of nitrogens with zero attached hydrogens (tertiary/aromatic N) is 3. The summed E-state index contributed by atoms with van der Waals surface area (Å²) in [6.45, 7) is 14.8. The maximum Gasteiger partial charge on any atom is 0.426 e. The Hall–Kier alpha value is -4.44. The molecular weight excluding hydrogens is 686 g/mol. The highest BCUT2D eigenvalue weighted by molar-refractivity contribution is 5.89.